The predicted octanol–water partition coefficient (Wildman–Crippen LogP) is 2.06. The van der Waals surface area contributed by atoms with Gasteiger partial charge in [-0.25, -0.2) is 19.6 Å². The van der Waals surface area contributed by atoms with Crippen LogP contribution in [0.3, 0.4) is 0 Å². The van der Waals surface area contributed by atoms with Gasteiger partial charge in [0.05, 0.1) is 18.8 Å². The van der Waals surface area contributed by atoms with Crippen LogP contribution in [0.1, 0.15) is 29.9 Å². The molecule has 1 heterocycles. The third-order valence-corrected chi connectivity index (χ3v) is 3.11. The molecule has 0 aliphatic rings. The molecule has 0 fully saturated rings. The van der Waals surface area contributed by atoms with Gasteiger partial charge >= 0.3 is 11.9 Å². The normalized spacial score (nSPS) is 11.0. The van der Waals surface area contributed by atoms with Gasteiger partial charge in [-0.15, -0.1) is 0 Å². The smallest absolute Gasteiger partial charge is 0.361 e. The second-order valence-corrected chi connectivity index (χ2v) is 4.71. The van der Waals surface area contributed by atoms with E-state index in [0.717, 1.165) is 0 Å². The summed E-state index contributed by atoms with van der Waals surface area (Å²) in [6.07, 6.45) is 1.23. The summed E-state index contributed by atoms with van der Waals surface area (Å²) in [4.78, 5) is 32.5. The van der Waals surface area contributed by atoms with Crippen molar-refractivity contribution in [1.29, 1.82) is 0 Å². The Morgan fingerprint density at radius 3 is 2.40 bits per heavy atom. The van der Waals surface area contributed by atoms with Crippen molar-refractivity contribution in [3.8, 4) is 11.4 Å². The summed E-state index contributed by atoms with van der Waals surface area (Å²) < 4.78 is 9.80. The number of carbonyl (C=O) groups is 2. The molecule has 0 unspecified atom stereocenters. The maximum Gasteiger partial charge on any atom is 0.361 e. The average Bonchev–Trinajstić information content (AvgIpc) is 2.63. The molecule has 0 amide bonds. The van der Waals surface area contributed by atoms with E-state index in [1.54, 1.807) is 38.1 Å². The van der Waals surface area contributed by atoms with Gasteiger partial charge in [0.2, 0.25) is 0 Å². The van der Waals surface area contributed by atoms with Crippen LogP contribution in [0.25, 0.3) is 11.4 Å². The third-order valence-electron chi connectivity index (χ3n) is 3.11. The van der Waals surface area contributed by atoms with E-state index < -0.39 is 17.7 Å². The van der Waals surface area contributed by atoms with Crippen LogP contribution < -0.4 is 0 Å². The maximum absolute atomic E-state index is 12.2. The van der Waals surface area contributed by atoms with Gasteiger partial charge in [0, 0.05) is 11.8 Å². The summed E-state index contributed by atoms with van der Waals surface area (Å²) in [5.74, 6) is -1.39. The van der Waals surface area contributed by atoms with E-state index >= 15 is 0 Å². The monoisotopic (exact) mass is 343 g/mol. The summed E-state index contributed by atoms with van der Waals surface area (Å²) in [6, 6.07) is 8.99. The first-order valence-electron chi connectivity index (χ1n) is 7.61. The van der Waals surface area contributed by atoms with E-state index in [1.807, 2.05) is 6.07 Å². The summed E-state index contributed by atoms with van der Waals surface area (Å²) in [6.45, 7) is 3.45. The molecule has 2 rings (SSSR count). The lowest BCUT2D eigenvalue weighted by Gasteiger charge is -2.10. The van der Waals surface area contributed by atoms with Crippen LogP contribution in [-0.4, -0.2) is 46.0 Å². The van der Waals surface area contributed by atoms with Crippen LogP contribution in [0.4, 0.5) is 0 Å². The molecule has 8 nitrogen and oxygen atoms in total. The van der Waals surface area contributed by atoms with E-state index in [9.17, 15) is 14.8 Å². The Labute approximate surface area is 144 Å². The number of rotatable bonds is 6. The van der Waals surface area contributed by atoms with Crippen molar-refractivity contribution in [2.75, 3.05) is 13.2 Å². The number of carbonyl (C=O) groups excluding carboxylic acids is 2. The SMILES string of the molecule is CCOC(=O)/C(=N\O)c1cnc(-c2ccccc2)nc1C(=O)OCC. The number of ether oxygens (including phenoxy) is 2. The van der Waals surface area contributed by atoms with E-state index in [-0.39, 0.29) is 30.3 Å². The van der Waals surface area contributed by atoms with Crippen LogP contribution in [0.15, 0.2) is 41.7 Å². The molecule has 130 valence electrons. The quantitative estimate of drug-likeness (QED) is 0.370. The summed E-state index contributed by atoms with van der Waals surface area (Å²) in [7, 11) is 0. The average molecular weight is 343 g/mol. The zero-order valence-electron chi connectivity index (χ0n) is 13.8. The lowest BCUT2D eigenvalue weighted by atomic mass is 10.1. The van der Waals surface area contributed by atoms with Crippen molar-refractivity contribution in [1.82, 2.24) is 9.97 Å². The first-order chi connectivity index (χ1) is 12.1. The van der Waals surface area contributed by atoms with Crippen molar-refractivity contribution in [3.05, 3.63) is 47.8 Å². The molecule has 1 aromatic carbocycles. The van der Waals surface area contributed by atoms with E-state index in [2.05, 4.69) is 15.1 Å². The zero-order chi connectivity index (χ0) is 18.2. The van der Waals surface area contributed by atoms with Crippen LogP contribution in [0.5, 0.6) is 0 Å². The highest BCUT2D eigenvalue weighted by molar-refractivity contribution is 6.44. The second kappa shape index (κ2) is 8.53. The molecule has 0 bridgehead atoms. The van der Waals surface area contributed by atoms with Crippen molar-refractivity contribution in [2.24, 2.45) is 5.16 Å². The van der Waals surface area contributed by atoms with Gasteiger partial charge in [0.25, 0.3) is 0 Å². The number of esters is 2. The molecule has 2 aromatic rings. The van der Waals surface area contributed by atoms with Crippen LogP contribution in [-0.2, 0) is 14.3 Å². The standard InChI is InChI=1S/C17H17N3O5/c1-3-24-16(21)13-12(14(20-23)17(22)25-4-2)10-18-15(19-13)11-8-6-5-7-9-11/h5-10,23H,3-4H2,1-2H3/b20-14-. The Morgan fingerprint density at radius 1 is 1.12 bits per heavy atom. The fraction of sp³-hybridized carbons (Fsp3) is 0.235. The fourth-order valence-corrected chi connectivity index (χ4v) is 2.04. The van der Waals surface area contributed by atoms with Gasteiger partial charge in [-0.2, -0.15) is 0 Å². The van der Waals surface area contributed by atoms with Gasteiger partial charge < -0.3 is 14.7 Å². The molecule has 25 heavy (non-hydrogen) atoms. The van der Waals surface area contributed by atoms with Crippen molar-refractivity contribution < 1.29 is 24.3 Å². The van der Waals surface area contributed by atoms with E-state index in [1.165, 1.54) is 6.20 Å². The number of aromatic nitrogens is 2. The summed E-state index contributed by atoms with van der Waals surface area (Å²) in [5, 5.41) is 12.1. The highest BCUT2D eigenvalue weighted by Gasteiger charge is 2.26. The Hall–Kier alpha value is -3.29. The molecule has 0 aliphatic heterocycles. The van der Waals surface area contributed by atoms with Gasteiger partial charge in [-0.1, -0.05) is 35.5 Å². The molecular weight excluding hydrogens is 326 g/mol. The number of oxime groups is 1. The first-order valence-corrected chi connectivity index (χ1v) is 7.61. The number of nitrogens with zero attached hydrogens (tertiary/aromatic N) is 3. The van der Waals surface area contributed by atoms with Crippen molar-refractivity contribution in [2.45, 2.75) is 13.8 Å². The molecule has 0 radical (unpaired) electrons. The minimum absolute atomic E-state index is 0.0703. The van der Waals surface area contributed by atoms with Gasteiger partial charge in [0.15, 0.2) is 17.2 Å². The van der Waals surface area contributed by atoms with Crippen LogP contribution >= 0.6 is 0 Å². The molecule has 0 saturated heterocycles. The zero-order valence-corrected chi connectivity index (χ0v) is 13.8. The Balaban J connectivity index is 2.56. The molecule has 8 heteroatoms. The fourth-order valence-electron chi connectivity index (χ4n) is 2.04. The third kappa shape index (κ3) is 4.17. The molecule has 0 aliphatic carbocycles. The Kier molecular flexibility index (Phi) is 6.16. The van der Waals surface area contributed by atoms with Gasteiger partial charge in [-0.3, -0.25) is 0 Å². The van der Waals surface area contributed by atoms with E-state index in [0.29, 0.717) is 5.56 Å². The minimum atomic E-state index is -0.897. The molecular formula is C17H17N3O5. The number of hydrogen-bond donors (Lipinski definition) is 1. The number of benzene rings is 1. The Morgan fingerprint density at radius 2 is 1.80 bits per heavy atom. The second-order valence-electron chi connectivity index (χ2n) is 4.71. The molecule has 0 saturated carbocycles. The van der Waals surface area contributed by atoms with Crippen LogP contribution in [0.2, 0.25) is 0 Å². The largest absolute Gasteiger partial charge is 0.461 e. The molecule has 0 atom stereocenters. The predicted molar refractivity (Wildman–Crippen MR) is 88.4 cm³/mol. The van der Waals surface area contributed by atoms with Gasteiger partial charge in [0.1, 0.15) is 0 Å². The minimum Gasteiger partial charge on any atom is -0.461 e. The molecule has 0 spiro atoms. The molecule has 1 aromatic heterocycles. The number of hydrogen-bond acceptors (Lipinski definition) is 8. The Bertz CT molecular complexity index is 790. The summed E-state index contributed by atoms with van der Waals surface area (Å²) >= 11 is 0. The van der Waals surface area contributed by atoms with Crippen molar-refractivity contribution >= 4 is 17.7 Å². The van der Waals surface area contributed by atoms with Crippen LogP contribution in [0, 0.1) is 0 Å². The van der Waals surface area contributed by atoms with Gasteiger partial charge in [-0.05, 0) is 13.8 Å². The lowest BCUT2D eigenvalue weighted by molar-refractivity contribution is -0.135. The van der Waals surface area contributed by atoms with Crippen molar-refractivity contribution in [3.63, 3.8) is 0 Å². The highest BCUT2D eigenvalue weighted by atomic mass is 16.5. The highest BCUT2D eigenvalue weighted by Crippen LogP contribution is 2.18. The summed E-state index contributed by atoms with van der Waals surface area (Å²) in [5.41, 5.74) is -0.0432. The lowest BCUT2D eigenvalue weighted by Crippen LogP contribution is -2.24. The maximum atomic E-state index is 12.2. The topological polar surface area (TPSA) is 111 Å². The van der Waals surface area contributed by atoms with E-state index in [4.69, 9.17) is 9.47 Å². The first kappa shape index (κ1) is 18.1. The molecule has 1 N–H and O–H groups in total.